The summed E-state index contributed by atoms with van der Waals surface area (Å²) in [5.41, 5.74) is 2.59. The second-order valence-corrected chi connectivity index (χ2v) is 9.44. The predicted octanol–water partition coefficient (Wildman–Crippen LogP) is 0.951. The lowest BCUT2D eigenvalue weighted by molar-refractivity contribution is -0.141. The Kier molecular flexibility index (Phi) is 6.02. The summed E-state index contributed by atoms with van der Waals surface area (Å²) in [6, 6.07) is 4.93. The molecule has 1 fully saturated rings. The Morgan fingerprint density at radius 1 is 1.28 bits per heavy atom. The van der Waals surface area contributed by atoms with Crippen molar-refractivity contribution in [1.82, 2.24) is 5.01 Å². The van der Waals surface area contributed by atoms with Gasteiger partial charge < -0.3 is 10.1 Å². The quantitative estimate of drug-likeness (QED) is 0.707. The highest BCUT2D eigenvalue weighted by molar-refractivity contribution is 7.91. The van der Waals surface area contributed by atoms with Crippen LogP contribution < -0.4 is 5.32 Å². The fourth-order valence-corrected chi connectivity index (χ4v) is 4.95. The van der Waals surface area contributed by atoms with Crippen molar-refractivity contribution in [2.45, 2.75) is 39.2 Å². The Hall–Kier alpha value is -2.75. The molecule has 0 spiro atoms. The Labute approximate surface area is 169 Å². The molecule has 156 valence electrons. The number of carbonyl (C=O) groups excluding carboxylic acids is 3. The van der Waals surface area contributed by atoms with Crippen LogP contribution in [0.1, 0.15) is 30.4 Å². The van der Waals surface area contributed by atoms with Gasteiger partial charge in [0.1, 0.15) is 5.71 Å². The molecule has 29 heavy (non-hydrogen) atoms. The van der Waals surface area contributed by atoms with Gasteiger partial charge in [0.2, 0.25) is 5.91 Å². The van der Waals surface area contributed by atoms with E-state index in [2.05, 4.69) is 10.4 Å². The minimum absolute atomic E-state index is 0.00467. The molecule has 2 amide bonds. The number of nitrogens with one attached hydrogen (secondary N) is 1. The molecule has 0 aliphatic carbocycles. The molecule has 2 heterocycles. The van der Waals surface area contributed by atoms with Crippen LogP contribution in [0.15, 0.2) is 23.3 Å². The molecule has 1 aromatic carbocycles. The van der Waals surface area contributed by atoms with Crippen molar-refractivity contribution in [2.24, 2.45) is 5.10 Å². The molecule has 10 heteroatoms. The van der Waals surface area contributed by atoms with Crippen molar-refractivity contribution >= 4 is 39.0 Å². The fraction of sp³-hybridized carbons (Fsp3) is 0.474. The van der Waals surface area contributed by atoms with Gasteiger partial charge in [-0.25, -0.2) is 18.2 Å². The van der Waals surface area contributed by atoms with Crippen LogP contribution in [0.4, 0.5) is 5.69 Å². The maximum absolute atomic E-state index is 12.3. The normalized spacial score (nSPS) is 20.9. The number of hydrogen-bond acceptors (Lipinski definition) is 7. The van der Waals surface area contributed by atoms with Crippen molar-refractivity contribution in [1.29, 1.82) is 0 Å². The molecule has 0 unspecified atom stereocenters. The molecule has 2 aliphatic heterocycles. The third-order valence-electron chi connectivity index (χ3n) is 5.06. The Morgan fingerprint density at radius 2 is 2.03 bits per heavy atom. The second kappa shape index (κ2) is 8.32. The van der Waals surface area contributed by atoms with Crippen molar-refractivity contribution in [2.75, 3.05) is 23.4 Å². The lowest BCUT2D eigenvalue weighted by atomic mass is 10.1. The first-order valence-electron chi connectivity index (χ1n) is 9.29. The smallest absolute Gasteiger partial charge is 0.355 e. The van der Waals surface area contributed by atoms with Crippen LogP contribution in [-0.4, -0.2) is 61.1 Å². The molecule has 0 bridgehead atoms. The number of ether oxygens (including phenoxy) is 1. The molecule has 1 N–H and O–H groups in total. The van der Waals surface area contributed by atoms with Crippen molar-refractivity contribution in [3.8, 4) is 0 Å². The van der Waals surface area contributed by atoms with E-state index in [1.807, 2.05) is 26.0 Å². The number of rotatable bonds is 5. The number of carbonyl (C=O) groups is 3. The van der Waals surface area contributed by atoms with Gasteiger partial charge in [0.05, 0.1) is 17.5 Å². The summed E-state index contributed by atoms with van der Waals surface area (Å²) in [5, 5.41) is 7.80. The summed E-state index contributed by atoms with van der Waals surface area (Å²) in [4.78, 5) is 36.5. The second-order valence-electron chi connectivity index (χ2n) is 7.21. The lowest BCUT2D eigenvalue weighted by Crippen LogP contribution is -2.42. The minimum atomic E-state index is -3.20. The van der Waals surface area contributed by atoms with E-state index in [0.29, 0.717) is 5.69 Å². The van der Waals surface area contributed by atoms with Crippen LogP contribution in [0, 0.1) is 13.8 Å². The molecule has 0 saturated carbocycles. The Balaban J connectivity index is 1.59. The number of anilines is 1. The number of esters is 1. The van der Waals surface area contributed by atoms with Gasteiger partial charge >= 0.3 is 5.97 Å². The van der Waals surface area contributed by atoms with E-state index in [-0.39, 0.29) is 42.4 Å². The zero-order valence-electron chi connectivity index (χ0n) is 16.3. The van der Waals surface area contributed by atoms with E-state index in [1.165, 1.54) is 0 Å². The van der Waals surface area contributed by atoms with Crippen LogP contribution in [0.25, 0.3) is 0 Å². The van der Waals surface area contributed by atoms with E-state index < -0.39 is 34.4 Å². The van der Waals surface area contributed by atoms with Crippen molar-refractivity contribution in [3.63, 3.8) is 0 Å². The van der Waals surface area contributed by atoms with Gasteiger partial charge in [0, 0.05) is 18.5 Å². The maximum Gasteiger partial charge on any atom is 0.355 e. The number of amides is 2. The van der Waals surface area contributed by atoms with Gasteiger partial charge in [-0.1, -0.05) is 12.1 Å². The first kappa shape index (κ1) is 21.0. The van der Waals surface area contributed by atoms with E-state index in [4.69, 9.17) is 4.74 Å². The van der Waals surface area contributed by atoms with Crippen molar-refractivity contribution in [3.05, 3.63) is 29.3 Å². The van der Waals surface area contributed by atoms with E-state index >= 15 is 0 Å². The fourth-order valence-electron chi connectivity index (χ4n) is 3.26. The molecule has 1 atom stereocenters. The monoisotopic (exact) mass is 421 g/mol. The highest BCUT2D eigenvalue weighted by Crippen LogP contribution is 2.22. The number of nitrogens with zero attached hydrogens (tertiary/aromatic N) is 2. The van der Waals surface area contributed by atoms with E-state index in [1.54, 1.807) is 6.07 Å². The molecule has 2 aliphatic rings. The first-order valence-corrected chi connectivity index (χ1v) is 11.1. The van der Waals surface area contributed by atoms with E-state index in [9.17, 15) is 22.8 Å². The molecular weight excluding hydrogens is 398 g/mol. The minimum Gasteiger partial charge on any atom is -0.451 e. The van der Waals surface area contributed by atoms with Gasteiger partial charge in [-0.05, 0) is 37.5 Å². The summed E-state index contributed by atoms with van der Waals surface area (Å²) in [6.07, 6.45) is 0.420. The molecule has 0 aromatic heterocycles. The average molecular weight is 421 g/mol. The summed E-state index contributed by atoms with van der Waals surface area (Å²) >= 11 is 0. The van der Waals surface area contributed by atoms with E-state index in [0.717, 1.165) is 16.1 Å². The molecule has 3 rings (SSSR count). The van der Waals surface area contributed by atoms with Gasteiger partial charge in [0.15, 0.2) is 16.4 Å². The number of aryl methyl sites for hydroxylation is 1. The van der Waals surface area contributed by atoms with Crippen LogP contribution in [0.2, 0.25) is 0 Å². The standard InChI is InChI=1S/C19H23N3O6S/c1-12-4-3-5-15(13(12)2)20-17(23)10-28-19(25)16-6-7-18(24)22(21-16)14-8-9-29(26,27)11-14/h3-5,14H,6-11H2,1-2H3,(H,20,23)/t14-/m1/s1. The van der Waals surface area contributed by atoms with Crippen LogP contribution in [0.5, 0.6) is 0 Å². The van der Waals surface area contributed by atoms with Crippen molar-refractivity contribution < 1.29 is 27.5 Å². The molecule has 9 nitrogen and oxygen atoms in total. The molecule has 1 aromatic rings. The number of sulfone groups is 1. The first-order chi connectivity index (χ1) is 13.7. The number of benzene rings is 1. The third-order valence-corrected chi connectivity index (χ3v) is 6.81. The third kappa shape index (κ3) is 5.00. The van der Waals surface area contributed by atoms with Gasteiger partial charge in [-0.2, -0.15) is 5.10 Å². The molecule has 0 radical (unpaired) electrons. The maximum atomic E-state index is 12.3. The topological polar surface area (TPSA) is 122 Å². The summed E-state index contributed by atoms with van der Waals surface area (Å²) in [6.45, 7) is 3.31. The lowest BCUT2D eigenvalue weighted by Gasteiger charge is -2.27. The largest absolute Gasteiger partial charge is 0.451 e. The molecule has 1 saturated heterocycles. The van der Waals surface area contributed by atoms with Gasteiger partial charge in [-0.15, -0.1) is 0 Å². The van der Waals surface area contributed by atoms with Crippen LogP contribution >= 0.6 is 0 Å². The Bertz CT molecular complexity index is 986. The number of hydrazone groups is 1. The predicted molar refractivity (Wildman–Crippen MR) is 106 cm³/mol. The highest BCUT2D eigenvalue weighted by atomic mass is 32.2. The average Bonchev–Trinajstić information content (AvgIpc) is 3.03. The van der Waals surface area contributed by atoms with Crippen LogP contribution in [0.3, 0.4) is 0 Å². The van der Waals surface area contributed by atoms with Gasteiger partial charge in [0.25, 0.3) is 5.91 Å². The number of hydrogen-bond donors (Lipinski definition) is 1. The van der Waals surface area contributed by atoms with Crippen LogP contribution in [-0.2, 0) is 29.0 Å². The SMILES string of the molecule is Cc1cccc(NC(=O)COC(=O)C2=NN([C@@H]3CCS(=O)(=O)C3)C(=O)CC2)c1C. The molecular formula is C19H23N3O6S. The Morgan fingerprint density at radius 3 is 2.72 bits per heavy atom. The summed E-state index contributed by atoms with van der Waals surface area (Å²) < 4.78 is 28.3. The zero-order valence-corrected chi connectivity index (χ0v) is 17.1. The summed E-state index contributed by atoms with van der Waals surface area (Å²) in [7, 11) is -3.20. The van der Waals surface area contributed by atoms with Gasteiger partial charge in [-0.3, -0.25) is 9.59 Å². The highest BCUT2D eigenvalue weighted by Gasteiger charge is 2.37. The zero-order chi connectivity index (χ0) is 21.2. The summed E-state index contributed by atoms with van der Waals surface area (Å²) in [5.74, 6) is -1.77.